The molecular formula is C29H29F2NO3. The Bertz CT molecular complexity index is 1240. The third-order valence-corrected chi connectivity index (χ3v) is 6.59. The molecule has 1 aliphatic rings. The highest BCUT2D eigenvalue weighted by Gasteiger charge is 2.51. The van der Waals surface area contributed by atoms with Crippen molar-refractivity contribution in [3.8, 4) is 0 Å². The predicted molar refractivity (Wildman–Crippen MR) is 132 cm³/mol. The van der Waals surface area contributed by atoms with E-state index in [1.165, 1.54) is 0 Å². The fraction of sp³-hybridized carbons (Fsp3) is 0.345. The number of unbranched alkanes of at least 4 members (excludes halogenated alkanes) is 2. The first-order valence-corrected chi connectivity index (χ1v) is 12.1. The zero-order chi connectivity index (χ0) is 25.0. The van der Waals surface area contributed by atoms with Crippen LogP contribution in [-0.4, -0.2) is 23.5 Å². The van der Waals surface area contributed by atoms with Crippen LogP contribution in [0.3, 0.4) is 0 Å². The maximum atomic E-state index is 13.9. The summed E-state index contributed by atoms with van der Waals surface area (Å²) in [7, 11) is 0. The van der Waals surface area contributed by atoms with E-state index in [9.17, 15) is 23.2 Å². The molecule has 1 unspecified atom stereocenters. The number of amides is 2. The van der Waals surface area contributed by atoms with Crippen molar-refractivity contribution >= 4 is 34.1 Å². The second-order valence-corrected chi connectivity index (χ2v) is 9.28. The van der Waals surface area contributed by atoms with E-state index in [1.54, 1.807) is 12.1 Å². The monoisotopic (exact) mass is 477 g/mol. The predicted octanol–water partition coefficient (Wildman–Crippen LogP) is 6.29. The van der Waals surface area contributed by atoms with Crippen molar-refractivity contribution in [3.05, 3.63) is 77.9 Å². The van der Waals surface area contributed by atoms with E-state index in [0.717, 1.165) is 52.5 Å². The van der Waals surface area contributed by atoms with Gasteiger partial charge in [-0.2, -0.15) is 8.78 Å². The molecule has 182 valence electrons. The van der Waals surface area contributed by atoms with Gasteiger partial charge in [-0.25, -0.2) is 0 Å². The number of ketones is 1. The number of imide groups is 1. The molecule has 2 amide bonds. The Kier molecular flexibility index (Phi) is 7.39. The number of hydrogen-bond acceptors (Lipinski definition) is 3. The summed E-state index contributed by atoms with van der Waals surface area (Å²) < 4.78 is 27.8. The van der Waals surface area contributed by atoms with Crippen LogP contribution in [0.1, 0.15) is 50.2 Å². The van der Waals surface area contributed by atoms with Gasteiger partial charge in [0.25, 0.3) is 0 Å². The van der Waals surface area contributed by atoms with Crippen molar-refractivity contribution in [3.63, 3.8) is 0 Å². The lowest BCUT2D eigenvalue weighted by molar-refractivity contribution is -0.138. The number of aryl methyl sites for hydroxylation is 1. The fourth-order valence-electron chi connectivity index (χ4n) is 4.61. The second-order valence-electron chi connectivity index (χ2n) is 9.28. The van der Waals surface area contributed by atoms with Gasteiger partial charge in [0.1, 0.15) is 0 Å². The Balaban J connectivity index is 1.60. The molecule has 0 bridgehead atoms. The van der Waals surface area contributed by atoms with Crippen LogP contribution in [0.15, 0.2) is 66.7 Å². The Morgan fingerprint density at radius 1 is 0.943 bits per heavy atom. The number of Topliss-reactive ketones (excluding diaryl/α,β-unsaturated/α-hetero) is 1. The van der Waals surface area contributed by atoms with Crippen molar-refractivity contribution in [1.82, 2.24) is 0 Å². The smallest absolute Gasteiger partial charge is 0.293 e. The highest BCUT2D eigenvalue weighted by Crippen LogP contribution is 2.38. The summed E-state index contributed by atoms with van der Waals surface area (Å²) in [4.78, 5) is 39.5. The van der Waals surface area contributed by atoms with Crippen molar-refractivity contribution < 1.29 is 23.2 Å². The highest BCUT2D eigenvalue weighted by atomic mass is 19.3. The maximum absolute atomic E-state index is 13.9. The van der Waals surface area contributed by atoms with Gasteiger partial charge in [-0.1, -0.05) is 74.4 Å². The largest absolute Gasteiger partial charge is 0.306 e. The zero-order valence-electron chi connectivity index (χ0n) is 19.8. The molecule has 0 spiro atoms. The minimum atomic E-state index is -3.53. The molecule has 1 atom stereocenters. The van der Waals surface area contributed by atoms with Crippen molar-refractivity contribution in [2.75, 3.05) is 4.90 Å². The number of rotatable bonds is 8. The summed E-state index contributed by atoms with van der Waals surface area (Å²) in [5.74, 6) is -7.26. The van der Waals surface area contributed by atoms with Gasteiger partial charge >= 0.3 is 5.92 Å². The number of nitrogens with zero attached hydrogens (tertiary/aromatic N) is 1. The number of anilines is 1. The molecule has 3 aromatic rings. The van der Waals surface area contributed by atoms with Crippen molar-refractivity contribution in [1.29, 1.82) is 0 Å². The summed E-state index contributed by atoms with van der Waals surface area (Å²) in [5.41, 5.74) is 2.14. The first-order valence-electron chi connectivity index (χ1n) is 12.1. The Hall–Kier alpha value is -3.41. The van der Waals surface area contributed by atoms with E-state index in [-0.39, 0.29) is 6.42 Å². The van der Waals surface area contributed by atoms with E-state index >= 15 is 0 Å². The molecule has 0 heterocycles. The molecular weight excluding hydrogens is 448 g/mol. The van der Waals surface area contributed by atoms with Crippen molar-refractivity contribution in [2.24, 2.45) is 5.92 Å². The summed E-state index contributed by atoms with van der Waals surface area (Å²) >= 11 is 0. The molecule has 0 saturated heterocycles. The van der Waals surface area contributed by atoms with E-state index in [4.69, 9.17) is 0 Å². The van der Waals surface area contributed by atoms with Gasteiger partial charge in [-0.05, 0) is 46.9 Å². The van der Waals surface area contributed by atoms with E-state index in [1.807, 2.05) is 54.6 Å². The van der Waals surface area contributed by atoms with E-state index < -0.39 is 42.3 Å². The number of hydrogen-bond donors (Lipinski definition) is 0. The number of alkyl halides is 2. The summed E-state index contributed by atoms with van der Waals surface area (Å²) in [6.45, 7) is 2.13. The molecule has 0 aliphatic heterocycles. The molecule has 4 rings (SSSR count). The van der Waals surface area contributed by atoms with Gasteiger partial charge in [0.15, 0.2) is 0 Å². The number of halogens is 2. The fourth-order valence-corrected chi connectivity index (χ4v) is 4.61. The van der Waals surface area contributed by atoms with Gasteiger partial charge < -0.3 is 0 Å². The van der Waals surface area contributed by atoms with Crippen LogP contribution in [0.2, 0.25) is 0 Å². The number of benzene rings is 3. The third-order valence-electron chi connectivity index (χ3n) is 6.59. The summed E-state index contributed by atoms with van der Waals surface area (Å²) in [6.07, 6.45) is 2.66. The molecule has 1 saturated carbocycles. The quantitative estimate of drug-likeness (QED) is 0.358. The Labute approximate surface area is 203 Å². The minimum absolute atomic E-state index is 0.0636. The van der Waals surface area contributed by atoms with Crippen LogP contribution in [0.4, 0.5) is 14.5 Å². The lowest BCUT2D eigenvalue weighted by Gasteiger charge is -2.24. The van der Waals surface area contributed by atoms with Gasteiger partial charge in [-0.15, -0.1) is 0 Å². The maximum Gasteiger partial charge on any atom is 0.306 e. The molecule has 0 radical (unpaired) electrons. The molecule has 3 aromatic carbocycles. The lowest BCUT2D eigenvalue weighted by atomic mass is 10.0. The standard InChI is InChI=1S/C29H29F2NO3/c1-2-3-4-7-20-11-14-25(15-12-20)32(28(35)24-18-26(33)29(30,31)19-24)27(34)17-21-10-13-22-8-5-6-9-23(22)16-21/h5-6,8-16,24H,2-4,7,17-19H2,1H3. The molecule has 6 heteroatoms. The molecule has 4 nitrogen and oxygen atoms in total. The molecule has 0 aromatic heterocycles. The van der Waals surface area contributed by atoms with Crippen LogP contribution < -0.4 is 4.90 Å². The van der Waals surface area contributed by atoms with Gasteiger partial charge in [-0.3, -0.25) is 19.3 Å². The number of carbonyl (C=O) groups excluding carboxylic acids is 3. The normalized spacial score (nSPS) is 17.0. The summed E-state index contributed by atoms with van der Waals surface area (Å²) in [6, 6.07) is 20.5. The van der Waals surface area contributed by atoms with Crippen LogP contribution >= 0.6 is 0 Å². The Morgan fingerprint density at radius 2 is 1.63 bits per heavy atom. The van der Waals surface area contributed by atoms with Crippen LogP contribution in [0.5, 0.6) is 0 Å². The van der Waals surface area contributed by atoms with Crippen LogP contribution in [-0.2, 0) is 27.2 Å². The average molecular weight is 478 g/mol. The van der Waals surface area contributed by atoms with Crippen LogP contribution in [0.25, 0.3) is 10.8 Å². The molecule has 1 fully saturated rings. The molecule has 1 aliphatic carbocycles. The van der Waals surface area contributed by atoms with E-state index in [2.05, 4.69) is 6.92 Å². The SMILES string of the molecule is CCCCCc1ccc(N(C(=O)Cc2ccc3ccccc3c2)C(=O)C2CC(=O)C(F)(F)C2)cc1. The number of carbonyl (C=O) groups is 3. The van der Waals surface area contributed by atoms with E-state index in [0.29, 0.717) is 5.69 Å². The third kappa shape index (κ3) is 5.64. The van der Waals surface area contributed by atoms with Crippen LogP contribution in [0, 0.1) is 5.92 Å². The lowest BCUT2D eigenvalue weighted by Crippen LogP contribution is -2.41. The zero-order valence-corrected chi connectivity index (χ0v) is 19.8. The second kappa shape index (κ2) is 10.5. The summed E-state index contributed by atoms with van der Waals surface area (Å²) in [5, 5.41) is 2.00. The van der Waals surface area contributed by atoms with Crippen molar-refractivity contribution in [2.45, 2.75) is 57.8 Å². The van der Waals surface area contributed by atoms with Gasteiger partial charge in [0.05, 0.1) is 18.0 Å². The molecule has 0 N–H and O–H groups in total. The average Bonchev–Trinajstić information content (AvgIpc) is 3.12. The highest BCUT2D eigenvalue weighted by molar-refractivity contribution is 6.17. The Morgan fingerprint density at radius 3 is 2.29 bits per heavy atom. The first kappa shape index (κ1) is 24.7. The van der Waals surface area contributed by atoms with Gasteiger partial charge in [0, 0.05) is 12.8 Å². The topological polar surface area (TPSA) is 54.5 Å². The van der Waals surface area contributed by atoms with Gasteiger partial charge in [0.2, 0.25) is 17.6 Å². The first-order chi connectivity index (χ1) is 16.8. The minimum Gasteiger partial charge on any atom is -0.293 e. The molecule has 35 heavy (non-hydrogen) atoms. The number of fused-ring (bicyclic) bond motifs is 1.